The summed E-state index contributed by atoms with van der Waals surface area (Å²) in [5.41, 5.74) is 0. The lowest BCUT2D eigenvalue weighted by atomic mass is 10.0. The third kappa shape index (κ3) is 3.03. The first-order chi connectivity index (χ1) is 11.6. The summed E-state index contributed by atoms with van der Waals surface area (Å²) in [6, 6.07) is 7.90. The molecule has 2 fully saturated rings. The summed E-state index contributed by atoms with van der Waals surface area (Å²) in [5, 5.41) is 4.56. The predicted octanol–water partition coefficient (Wildman–Crippen LogP) is 3.69. The lowest BCUT2D eigenvalue weighted by Crippen LogP contribution is -2.46. The Morgan fingerprint density at radius 1 is 1.12 bits per heavy atom. The zero-order valence-corrected chi connectivity index (χ0v) is 14.8. The van der Waals surface area contributed by atoms with Crippen LogP contribution < -0.4 is 5.32 Å². The van der Waals surface area contributed by atoms with E-state index in [-0.39, 0.29) is 17.9 Å². The van der Waals surface area contributed by atoms with Crippen LogP contribution in [0.1, 0.15) is 35.4 Å². The van der Waals surface area contributed by atoms with Crippen LogP contribution in [0.4, 0.5) is 0 Å². The SMILES string of the molecule is O=C(NC1CCN(C(=O)C2CC2)CC1)c1sc2ccccc2c1Cl. The first-order valence-corrected chi connectivity index (χ1v) is 9.59. The highest BCUT2D eigenvalue weighted by Crippen LogP contribution is 2.35. The Balaban J connectivity index is 1.39. The minimum Gasteiger partial charge on any atom is -0.348 e. The maximum atomic E-state index is 12.6. The van der Waals surface area contributed by atoms with Gasteiger partial charge >= 0.3 is 0 Å². The van der Waals surface area contributed by atoms with Crippen molar-refractivity contribution >= 4 is 44.8 Å². The molecule has 1 N–H and O–H groups in total. The Morgan fingerprint density at radius 3 is 2.50 bits per heavy atom. The van der Waals surface area contributed by atoms with Crippen LogP contribution in [0, 0.1) is 5.92 Å². The molecule has 2 heterocycles. The molecule has 0 bridgehead atoms. The van der Waals surface area contributed by atoms with Gasteiger partial charge in [-0.25, -0.2) is 0 Å². The minimum atomic E-state index is -0.104. The van der Waals surface area contributed by atoms with Crippen LogP contribution in [0.2, 0.25) is 5.02 Å². The molecule has 0 unspecified atom stereocenters. The van der Waals surface area contributed by atoms with Crippen molar-refractivity contribution in [3.05, 3.63) is 34.2 Å². The number of hydrogen-bond acceptors (Lipinski definition) is 3. The molecule has 126 valence electrons. The standard InChI is InChI=1S/C18H19ClN2O2S/c19-15-13-3-1-2-4-14(13)24-16(15)17(22)20-12-7-9-21(10-8-12)18(23)11-5-6-11/h1-4,11-12H,5-10H2,(H,20,22). The summed E-state index contributed by atoms with van der Waals surface area (Å²) in [5.74, 6) is 0.467. The summed E-state index contributed by atoms with van der Waals surface area (Å²) in [4.78, 5) is 27.2. The molecule has 1 aromatic heterocycles. The maximum Gasteiger partial charge on any atom is 0.263 e. The average Bonchev–Trinajstić information content (AvgIpc) is 3.39. The largest absolute Gasteiger partial charge is 0.348 e. The fourth-order valence-corrected chi connectivity index (χ4v) is 4.66. The van der Waals surface area contributed by atoms with E-state index in [1.54, 1.807) is 0 Å². The van der Waals surface area contributed by atoms with Crippen LogP contribution in [0.5, 0.6) is 0 Å². The molecule has 2 aromatic rings. The molecule has 6 heteroatoms. The van der Waals surface area contributed by atoms with Crippen LogP contribution >= 0.6 is 22.9 Å². The number of thiophene rings is 1. The number of carbonyl (C=O) groups is 2. The molecule has 0 radical (unpaired) electrons. The molecule has 0 atom stereocenters. The fourth-order valence-electron chi connectivity index (χ4n) is 3.24. The van der Waals surface area contributed by atoms with E-state index < -0.39 is 0 Å². The monoisotopic (exact) mass is 362 g/mol. The van der Waals surface area contributed by atoms with E-state index in [1.807, 2.05) is 29.2 Å². The molecule has 1 saturated heterocycles. The van der Waals surface area contributed by atoms with Gasteiger partial charge in [0.25, 0.3) is 5.91 Å². The zero-order valence-electron chi connectivity index (χ0n) is 13.3. The third-order valence-electron chi connectivity index (χ3n) is 4.81. The molecule has 1 aliphatic carbocycles. The van der Waals surface area contributed by atoms with E-state index in [2.05, 4.69) is 5.32 Å². The van der Waals surface area contributed by atoms with Crippen molar-refractivity contribution in [2.75, 3.05) is 13.1 Å². The lowest BCUT2D eigenvalue weighted by Gasteiger charge is -2.32. The Hall–Kier alpha value is -1.59. The van der Waals surface area contributed by atoms with Crippen molar-refractivity contribution < 1.29 is 9.59 Å². The second-order valence-electron chi connectivity index (χ2n) is 6.59. The molecule has 4 nitrogen and oxygen atoms in total. The van der Waals surface area contributed by atoms with Gasteiger partial charge in [0.05, 0.1) is 5.02 Å². The molecule has 1 aliphatic heterocycles. The summed E-state index contributed by atoms with van der Waals surface area (Å²) in [6.07, 6.45) is 3.71. The predicted molar refractivity (Wildman–Crippen MR) is 96.6 cm³/mol. The molecule has 24 heavy (non-hydrogen) atoms. The summed E-state index contributed by atoms with van der Waals surface area (Å²) >= 11 is 7.80. The molecule has 2 amide bonds. The van der Waals surface area contributed by atoms with E-state index in [4.69, 9.17) is 11.6 Å². The number of hydrogen-bond donors (Lipinski definition) is 1. The van der Waals surface area contributed by atoms with Crippen LogP contribution in [0.25, 0.3) is 10.1 Å². The molecule has 0 spiro atoms. The second-order valence-corrected chi connectivity index (χ2v) is 8.02. The fraction of sp³-hybridized carbons (Fsp3) is 0.444. The number of halogens is 1. The number of rotatable bonds is 3. The van der Waals surface area contributed by atoms with Crippen LogP contribution in [-0.4, -0.2) is 35.8 Å². The Labute approximate surface area is 149 Å². The molecular formula is C18H19ClN2O2S. The summed E-state index contributed by atoms with van der Waals surface area (Å²) in [6.45, 7) is 1.47. The molecular weight excluding hydrogens is 344 g/mol. The Morgan fingerprint density at radius 2 is 1.83 bits per heavy atom. The first-order valence-electron chi connectivity index (χ1n) is 8.40. The molecule has 4 rings (SSSR count). The van der Waals surface area contributed by atoms with Gasteiger partial charge in [-0.3, -0.25) is 9.59 Å². The van der Waals surface area contributed by atoms with Crippen molar-refractivity contribution in [2.24, 2.45) is 5.92 Å². The van der Waals surface area contributed by atoms with Gasteiger partial charge in [-0.1, -0.05) is 29.8 Å². The molecule has 1 saturated carbocycles. The number of amides is 2. The topological polar surface area (TPSA) is 49.4 Å². The van der Waals surface area contributed by atoms with Gasteiger partial charge in [0, 0.05) is 35.1 Å². The van der Waals surface area contributed by atoms with E-state index in [9.17, 15) is 9.59 Å². The minimum absolute atomic E-state index is 0.104. The van der Waals surface area contributed by atoms with Gasteiger partial charge in [-0.2, -0.15) is 0 Å². The highest BCUT2D eigenvalue weighted by atomic mass is 35.5. The van der Waals surface area contributed by atoms with E-state index in [1.165, 1.54) is 11.3 Å². The number of benzene rings is 1. The number of carbonyl (C=O) groups excluding carboxylic acids is 2. The third-order valence-corrected chi connectivity index (χ3v) is 6.48. The highest BCUT2D eigenvalue weighted by molar-refractivity contribution is 7.21. The number of likely N-dealkylation sites (tertiary alicyclic amines) is 1. The van der Waals surface area contributed by atoms with Crippen molar-refractivity contribution in [2.45, 2.75) is 31.7 Å². The zero-order chi connectivity index (χ0) is 16.7. The Kier molecular flexibility index (Phi) is 4.22. The van der Waals surface area contributed by atoms with Gasteiger partial charge in [0.15, 0.2) is 0 Å². The van der Waals surface area contributed by atoms with Crippen molar-refractivity contribution in [1.29, 1.82) is 0 Å². The number of piperidine rings is 1. The van der Waals surface area contributed by atoms with Crippen LogP contribution in [0.3, 0.4) is 0 Å². The van der Waals surface area contributed by atoms with Crippen LogP contribution in [0.15, 0.2) is 24.3 Å². The second kappa shape index (κ2) is 6.37. The summed E-state index contributed by atoms with van der Waals surface area (Å²) < 4.78 is 1.03. The van der Waals surface area contributed by atoms with Crippen LogP contribution in [-0.2, 0) is 4.79 Å². The van der Waals surface area contributed by atoms with E-state index >= 15 is 0 Å². The summed E-state index contributed by atoms with van der Waals surface area (Å²) in [7, 11) is 0. The number of nitrogens with one attached hydrogen (secondary N) is 1. The molecule has 2 aliphatic rings. The number of fused-ring (bicyclic) bond motifs is 1. The van der Waals surface area contributed by atoms with Gasteiger partial charge in [0.2, 0.25) is 5.91 Å². The van der Waals surface area contributed by atoms with E-state index in [0.29, 0.717) is 15.8 Å². The van der Waals surface area contributed by atoms with Crippen molar-refractivity contribution in [3.8, 4) is 0 Å². The quantitative estimate of drug-likeness (QED) is 0.905. The normalized spacial score (nSPS) is 18.8. The highest BCUT2D eigenvalue weighted by Gasteiger charge is 2.35. The smallest absolute Gasteiger partial charge is 0.263 e. The van der Waals surface area contributed by atoms with E-state index in [0.717, 1.165) is 48.9 Å². The number of nitrogens with zero attached hydrogens (tertiary/aromatic N) is 1. The van der Waals surface area contributed by atoms with Gasteiger partial charge in [-0.15, -0.1) is 11.3 Å². The van der Waals surface area contributed by atoms with Gasteiger partial charge in [0.1, 0.15) is 4.88 Å². The van der Waals surface area contributed by atoms with Crippen molar-refractivity contribution in [3.63, 3.8) is 0 Å². The van der Waals surface area contributed by atoms with Gasteiger partial charge < -0.3 is 10.2 Å². The first kappa shape index (κ1) is 15.9. The van der Waals surface area contributed by atoms with Crippen molar-refractivity contribution in [1.82, 2.24) is 10.2 Å². The van der Waals surface area contributed by atoms with Gasteiger partial charge in [-0.05, 0) is 31.7 Å². The average molecular weight is 363 g/mol. The maximum absolute atomic E-state index is 12.6. The molecule has 1 aromatic carbocycles. The lowest BCUT2D eigenvalue weighted by molar-refractivity contribution is -0.133. The Bertz CT molecular complexity index is 791.